The van der Waals surface area contributed by atoms with E-state index in [1.807, 2.05) is 0 Å². The smallest absolute Gasteiger partial charge is 0.306 e. The van der Waals surface area contributed by atoms with Crippen molar-refractivity contribution in [1.82, 2.24) is 0 Å². The summed E-state index contributed by atoms with van der Waals surface area (Å²) in [5, 5.41) is 0. The highest BCUT2D eigenvalue weighted by atomic mass is 16.6. The summed E-state index contributed by atoms with van der Waals surface area (Å²) in [4.78, 5) is 38.4. The average Bonchev–Trinajstić information content (AvgIpc) is 3.47. The molecule has 0 amide bonds. The Balaban J connectivity index is 4.31. The monoisotopic (exact) mass is 1140 g/mol. The van der Waals surface area contributed by atoms with Crippen LogP contribution in [0.4, 0.5) is 0 Å². The first-order valence-electron chi connectivity index (χ1n) is 35.6. The molecule has 82 heavy (non-hydrogen) atoms. The van der Waals surface area contributed by atoms with E-state index in [2.05, 4.69) is 106 Å². The first-order valence-corrected chi connectivity index (χ1v) is 35.6. The zero-order chi connectivity index (χ0) is 59.2. The van der Waals surface area contributed by atoms with E-state index >= 15 is 0 Å². The standard InChI is InChI=1S/C76H134O6/c1-4-7-10-13-16-19-22-25-28-30-32-34-36-37-38-39-41-42-44-46-48-51-54-57-60-63-66-69-75(78)81-72-73(71-80-74(77)68-65-62-59-56-53-50-27-24-21-18-15-12-9-6-3)82-76(79)70-67-64-61-58-55-52-49-47-45-43-40-35-33-31-29-26-23-20-17-14-11-8-5-2/h8,11,17,20,24,26-27,29,33,35,43,45,49,52,73H,4-7,9-10,12-16,18-19,21-23,25,28,30-32,34,36-42,44,46-48,50-51,53-72H2,1-3H3/b11-8-,20-17-,27-24-,29-26-,35-33-,45-43-,52-49-. The molecule has 0 bridgehead atoms. The molecule has 0 spiro atoms. The summed E-state index contributed by atoms with van der Waals surface area (Å²) in [5.74, 6) is -0.903. The third-order valence-corrected chi connectivity index (χ3v) is 15.6. The number of esters is 3. The van der Waals surface area contributed by atoms with Gasteiger partial charge in [-0.25, -0.2) is 0 Å². The third kappa shape index (κ3) is 67.4. The van der Waals surface area contributed by atoms with E-state index in [9.17, 15) is 14.4 Å². The van der Waals surface area contributed by atoms with Crippen LogP contribution in [-0.2, 0) is 28.6 Å². The van der Waals surface area contributed by atoms with Gasteiger partial charge in [0.25, 0.3) is 0 Å². The minimum atomic E-state index is -0.795. The molecule has 0 saturated heterocycles. The number of carbonyl (C=O) groups excluding carboxylic acids is 3. The lowest BCUT2D eigenvalue weighted by molar-refractivity contribution is -0.167. The highest BCUT2D eigenvalue weighted by molar-refractivity contribution is 5.71. The van der Waals surface area contributed by atoms with E-state index in [1.54, 1.807) is 0 Å². The van der Waals surface area contributed by atoms with Gasteiger partial charge in [0, 0.05) is 19.3 Å². The van der Waals surface area contributed by atoms with Crippen LogP contribution in [0.15, 0.2) is 85.1 Å². The molecule has 0 fully saturated rings. The summed E-state index contributed by atoms with van der Waals surface area (Å²) >= 11 is 0. The molecule has 6 nitrogen and oxygen atoms in total. The molecule has 1 unspecified atom stereocenters. The summed E-state index contributed by atoms with van der Waals surface area (Å²) in [7, 11) is 0. The SMILES string of the molecule is CC/C=C\C/C=C\C/C=C\C/C=C\C/C=C\C/C=C\CCCCCCC(=O)OC(COC(=O)CCCCCCC/C=C\CCCCCCC)COC(=O)CCCCCCCCCCCCCCCCCCCCCCCCCCCCC. The Morgan fingerprint density at radius 2 is 0.476 bits per heavy atom. The zero-order valence-electron chi connectivity index (χ0n) is 54.5. The first-order chi connectivity index (χ1) is 40.5. The van der Waals surface area contributed by atoms with Gasteiger partial charge in [0.15, 0.2) is 6.10 Å². The van der Waals surface area contributed by atoms with Crippen LogP contribution in [0.1, 0.15) is 361 Å². The molecule has 0 radical (unpaired) electrons. The van der Waals surface area contributed by atoms with Crippen LogP contribution in [0, 0.1) is 0 Å². The van der Waals surface area contributed by atoms with Crippen LogP contribution in [0.2, 0.25) is 0 Å². The van der Waals surface area contributed by atoms with Crippen LogP contribution in [0.5, 0.6) is 0 Å². The number of carbonyl (C=O) groups is 3. The lowest BCUT2D eigenvalue weighted by atomic mass is 10.0. The van der Waals surface area contributed by atoms with Gasteiger partial charge in [-0.3, -0.25) is 14.4 Å². The maximum atomic E-state index is 12.9. The summed E-state index contributed by atoms with van der Waals surface area (Å²) < 4.78 is 17.0. The number of unbranched alkanes of at least 4 members (excludes halogenated alkanes) is 40. The van der Waals surface area contributed by atoms with Gasteiger partial charge in [0.05, 0.1) is 0 Å². The van der Waals surface area contributed by atoms with Crippen molar-refractivity contribution in [1.29, 1.82) is 0 Å². The lowest BCUT2D eigenvalue weighted by Crippen LogP contribution is -2.30. The topological polar surface area (TPSA) is 78.9 Å². The van der Waals surface area contributed by atoms with Gasteiger partial charge in [-0.1, -0.05) is 331 Å². The normalized spacial score (nSPS) is 12.6. The summed E-state index contributed by atoms with van der Waals surface area (Å²) in [6, 6.07) is 0. The van der Waals surface area contributed by atoms with E-state index in [1.165, 1.54) is 205 Å². The predicted molar refractivity (Wildman–Crippen MR) is 358 cm³/mol. The van der Waals surface area contributed by atoms with Crippen LogP contribution < -0.4 is 0 Å². The van der Waals surface area contributed by atoms with Crippen molar-refractivity contribution < 1.29 is 28.6 Å². The molecule has 0 rings (SSSR count). The molecule has 0 saturated carbocycles. The number of rotatable bonds is 65. The fraction of sp³-hybridized carbons (Fsp3) is 0.776. The lowest BCUT2D eigenvalue weighted by Gasteiger charge is -2.18. The Hall–Kier alpha value is -3.41. The predicted octanol–water partition coefficient (Wildman–Crippen LogP) is 24.6. The van der Waals surface area contributed by atoms with Crippen LogP contribution in [-0.4, -0.2) is 37.2 Å². The molecule has 0 heterocycles. The molecule has 474 valence electrons. The van der Waals surface area contributed by atoms with Crippen LogP contribution >= 0.6 is 0 Å². The van der Waals surface area contributed by atoms with E-state index in [4.69, 9.17) is 14.2 Å². The van der Waals surface area contributed by atoms with E-state index in [0.717, 1.165) is 116 Å². The molecule has 0 aliphatic rings. The Morgan fingerprint density at radius 1 is 0.256 bits per heavy atom. The first kappa shape index (κ1) is 78.6. The highest BCUT2D eigenvalue weighted by Gasteiger charge is 2.19. The largest absolute Gasteiger partial charge is 0.462 e. The van der Waals surface area contributed by atoms with Crippen molar-refractivity contribution in [3.8, 4) is 0 Å². The Kier molecular flexibility index (Phi) is 67.2. The maximum absolute atomic E-state index is 12.9. The molecule has 0 aliphatic carbocycles. The van der Waals surface area contributed by atoms with E-state index in [0.29, 0.717) is 19.3 Å². The molecular weight excluding hydrogens is 1010 g/mol. The minimum absolute atomic E-state index is 0.0867. The van der Waals surface area contributed by atoms with Gasteiger partial charge in [-0.2, -0.15) is 0 Å². The number of allylic oxidation sites excluding steroid dienone is 14. The Morgan fingerprint density at radius 3 is 0.756 bits per heavy atom. The molecule has 0 aliphatic heterocycles. The van der Waals surface area contributed by atoms with Gasteiger partial charge >= 0.3 is 17.9 Å². The number of ether oxygens (including phenoxy) is 3. The van der Waals surface area contributed by atoms with Gasteiger partial charge < -0.3 is 14.2 Å². The minimum Gasteiger partial charge on any atom is -0.462 e. The zero-order valence-corrected chi connectivity index (χ0v) is 54.5. The molecule has 6 heteroatoms. The second kappa shape index (κ2) is 70.1. The van der Waals surface area contributed by atoms with Crippen LogP contribution in [0.3, 0.4) is 0 Å². The van der Waals surface area contributed by atoms with Crippen molar-refractivity contribution in [2.75, 3.05) is 13.2 Å². The van der Waals surface area contributed by atoms with E-state index < -0.39 is 6.10 Å². The van der Waals surface area contributed by atoms with Crippen LogP contribution in [0.25, 0.3) is 0 Å². The second-order valence-corrected chi connectivity index (χ2v) is 23.8. The van der Waals surface area contributed by atoms with Crippen molar-refractivity contribution in [2.24, 2.45) is 0 Å². The molecule has 0 aromatic carbocycles. The molecule has 1 atom stereocenters. The average molecular weight is 1140 g/mol. The molecule has 0 aromatic rings. The third-order valence-electron chi connectivity index (χ3n) is 15.6. The highest BCUT2D eigenvalue weighted by Crippen LogP contribution is 2.18. The Labute approximate surface area is 509 Å². The maximum Gasteiger partial charge on any atom is 0.306 e. The van der Waals surface area contributed by atoms with Gasteiger partial charge in [-0.15, -0.1) is 0 Å². The van der Waals surface area contributed by atoms with Crippen molar-refractivity contribution in [3.63, 3.8) is 0 Å². The van der Waals surface area contributed by atoms with Gasteiger partial charge in [0.1, 0.15) is 13.2 Å². The quantitative estimate of drug-likeness (QED) is 0.0261. The summed E-state index contributed by atoms with van der Waals surface area (Å²) in [5.41, 5.74) is 0. The number of hydrogen-bond donors (Lipinski definition) is 0. The van der Waals surface area contributed by atoms with Crippen molar-refractivity contribution in [2.45, 2.75) is 367 Å². The Bertz CT molecular complexity index is 1550. The van der Waals surface area contributed by atoms with Gasteiger partial charge in [-0.05, 0) is 96.3 Å². The van der Waals surface area contributed by atoms with E-state index in [-0.39, 0.29) is 31.1 Å². The summed E-state index contributed by atoms with van der Waals surface area (Å²) in [6.45, 7) is 6.54. The molecule has 0 aromatic heterocycles. The summed E-state index contributed by atoms with van der Waals surface area (Å²) in [6.07, 6.45) is 93.3. The molecular formula is C76H134O6. The fourth-order valence-electron chi connectivity index (χ4n) is 10.3. The van der Waals surface area contributed by atoms with Crippen molar-refractivity contribution in [3.05, 3.63) is 85.1 Å². The fourth-order valence-corrected chi connectivity index (χ4v) is 10.3. The number of hydrogen-bond acceptors (Lipinski definition) is 6. The van der Waals surface area contributed by atoms with Gasteiger partial charge in [0.2, 0.25) is 0 Å². The second-order valence-electron chi connectivity index (χ2n) is 23.8. The molecule has 0 N–H and O–H groups in total. The van der Waals surface area contributed by atoms with Crippen molar-refractivity contribution >= 4 is 17.9 Å².